The van der Waals surface area contributed by atoms with Gasteiger partial charge in [0.25, 0.3) is 0 Å². The highest BCUT2D eigenvalue weighted by Gasteiger charge is 2.18. The predicted molar refractivity (Wildman–Crippen MR) is 76.1 cm³/mol. The van der Waals surface area contributed by atoms with Gasteiger partial charge >= 0.3 is 0 Å². The number of hydrogen-bond donors (Lipinski definition) is 1. The molecule has 2 heterocycles. The van der Waals surface area contributed by atoms with E-state index in [0.29, 0.717) is 5.69 Å². The first-order valence-corrected chi connectivity index (χ1v) is 6.10. The van der Waals surface area contributed by atoms with E-state index in [4.69, 9.17) is 15.0 Å². The van der Waals surface area contributed by atoms with Crippen LogP contribution in [0.1, 0.15) is 0 Å². The average molecular weight is 267 g/mol. The summed E-state index contributed by atoms with van der Waals surface area (Å²) in [5.74, 6) is 1.05. The van der Waals surface area contributed by atoms with E-state index in [0.717, 1.165) is 22.6 Å². The van der Waals surface area contributed by atoms with E-state index in [9.17, 15) is 0 Å². The van der Waals surface area contributed by atoms with E-state index in [-0.39, 0.29) is 5.88 Å². The summed E-state index contributed by atoms with van der Waals surface area (Å²) in [6.07, 6.45) is 1.71. The number of benzene rings is 1. The lowest BCUT2D eigenvalue weighted by Gasteiger charge is -2.04. The molecule has 3 rings (SSSR count). The molecule has 0 atom stereocenters. The maximum atomic E-state index is 5.89. The molecule has 3 aromatic rings. The van der Waals surface area contributed by atoms with Crippen LogP contribution in [0.5, 0.6) is 5.75 Å². The van der Waals surface area contributed by atoms with E-state index in [2.05, 4.69) is 10.1 Å². The van der Waals surface area contributed by atoms with Crippen LogP contribution < -0.4 is 10.5 Å². The Morgan fingerprint density at radius 2 is 1.90 bits per heavy atom. The molecule has 20 heavy (non-hydrogen) atoms. The van der Waals surface area contributed by atoms with Crippen molar-refractivity contribution >= 4 is 5.88 Å². The van der Waals surface area contributed by atoms with Gasteiger partial charge in [0.05, 0.1) is 18.4 Å². The lowest BCUT2D eigenvalue weighted by atomic mass is 10.0. The predicted octanol–water partition coefficient (Wildman–Crippen LogP) is 2.99. The quantitative estimate of drug-likeness (QED) is 0.789. The Labute approximate surface area is 116 Å². The third kappa shape index (κ3) is 2.09. The molecule has 0 saturated carbocycles. The van der Waals surface area contributed by atoms with Crippen molar-refractivity contribution in [3.05, 3.63) is 48.7 Å². The Morgan fingerprint density at radius 3 is 2.55 bits per heavy atom. The molecule has 5 heteroatoms. The van der Waals surface area contributed by atoms with Gasteiger partial charge in [-0.25, -0.2) is 0 Å². The fraction of sp³-hybridized carbons (Fsp3) is 0.0667. The second-order valence-electron chi connectivity index (χ2n) is 4.21. The summed E-state index contributed by atoms with van der Waals surface area (Å²) in [5, 5.41) is 4.01. The highest BCUT2D eigenvalue weighted by atomic mass is 16.5. The largest absolute Gasteiger partial charge is 0.497 e. The molecule has 5 nitrogen and oxygen atoms in total. The zero-order valence-electron chi connectivity index (χ0n) is 10.9. The molecule has 0 bridgehead atoms. The molecule has 0 saturated heterocycles. The summed E-state index contributed by atoms with van der Waals surface area (Å²) < 4.78 is 10.3. The van der Waals surface area contributed by atoms with Crippen LogP contribution in [-0.4, -0.2) is 17.3 Å². The Morgan fingerprint density at radius 1 is 1.10 bits per heavy atom. The molecule has 0 unspecified atom stereocenters. The van der Waals surface area contributed by atoms with Crippen LogP contribution in [0, 0.1) is 0 Å². The van der Waals surface area contributed by atoms with Crippen LogP contribution in [0.15, 0.2) is 53.2 Å². The number of hydrogen-bond acceptors (Lipinski definition) is 5. The summed E-state index contributed by atoms with van der Waals surface area (Å²) in [6.45, 7) is 0. The smallest absolute Gasteiger partial charge is 0.230 e. The minimum atomic E-state index is 0.274. The van der Waals surface area contributed by atoms with Crippen molar-refractivity contribution in [2.24, 2.45) is 0 Å². The fourth-order valence-corrected chi connectivity index (χ4v) is 2.02. The highest BCUT2D eigenvalue weighted by Crippen LogP contribution is 2.35. The van der Waals surface area contributed by atoms with Gasteiger partial charge in [-0.05, 0) is 29.8 Å². The van der Waals surface area contributed by atoms with Gasteiger partial charge in [-0.15, -0.1) is 0 Å². The van der Waals surface area contributed by atoms with Gasteiger partial charge in [-0.1, -0.05) is 23.4 Å². The van der Waals surface area contributed by atoms with Gasteiger partial charge in [0.1, 0.15) is 11.4 Å². The van der Waals surface area contributed by atoms with Gasteiger partial charge in [0.2, 0.25) is 5.88 Å². The summed E-state index contributed by atoms with van der Waals surface area (Å²) in [5.41, 5.74) is 8.90. The van der Waals surface area contributed by atoms with Crippen molar-refractivity contribution in [3.63, 3.8) is 0 Å². The Kier molecular flexibility index (Phi) is 3.09. The number of ether oxygens (including phenoxy) is 1. The van der Waals surface area contributed by atoms with Crippen molar-refractivity contribution < 1.29 is 9.26 Å². The zero-order chi connectivity index (χ0) is 13.9. The molecule has 0 amide bonds. The van der Waals surface area contributed by atoms with Crippen LogP contribution in [0.3, 0.4) is 0 Å². The van der Waals surface area contributed by atoms with Crippen molar-refractivity contribution in [1.29, 1.82) is 0 Å². The van der Waals surface area contributed by atoms with Gasteiger partial charge in [-0.2, -0.15) is 0 Å². The average Bonchev–Trinajstić information content (AvgIpc) is 2.90. The first kappa shape index (κ1) is 12.2. The summed E-state index contributed by atoms with van der Waals surface area (Å²) in [7, 11) is 1.63. The van der Waals surface area contributed by atoms with E-state index in [1.807, 2.05) is 42.5 Å². The molecule has 2 aromatic heterocycles. The maximum Gasteiger partial charge on any atom is 0.230 e. The van der Waals surface area contributed by atoms with Crippen LogP contribution in [0.4, 0.5) is 5.88 Å². The lowest BCUT2D eigenvalue weighted by molar-refractivity contribution is 0.415. The summed E-state index contributed by atoms with van der Waals surface area (Å²) >= 11 is 0. The van der Waals surface area contributed by atoms with Gasteiger partial charge < -0.3 is 15.0 Å². The lowest BCUT2D eigenvalue weighted by Crippen LogP contribution is -1.89. The minimum absolute atomic E-state index is 0.274. The number of anilines is 1. The molecule has 2 N–H and O–H groups in total. The van der Waals surface area contributed by atoms with Crippen molar-refractivity contribution in [2.45, 2.75) is 0 Å². The van der Waals surface area contributed by atoms with Crippen molar-refractivity contribution in [3.8, 4) is 28.3 Å². The van der Waals surface area contributed by atoms with Crippen LogP contribution >= 0.6 is 0 Å². The first-order valence-electron chi connectivity index (χ1n) is 6.10. The number of pyridine rings is 1. The second kappa shape index (κ2) is 5.05. The Hall–Kier alpha value is -2.82. The number of nitrogens with two attached hydrogens (primary N) is 1. The SMILES string of the molecule is COc1ccc(-c2c(-c3ccccn3)noc2N)cc1. The van der Waals surface area contributed by atoms with Gasteiger partial charge in [0.15, 0.2) is 0 Å². The third-order valence-corrected chi connectivity index (χ3v) is 3.00. The number of aromatic nitrogens is 2. The Balaban J connectivity index is 2.11. The molecule has 0 spiro atoms. The molecule has 0 aliphatic rings. The molecular weight excluding hydrogens is 254 g/mol. The van der Waals surface area contributed by atoms with Crippen LogP contribution in [-0.2, 0) is 0 Å². The summed E-state index contributed by atoms with van der Waals surface area (Å²) in [6, 6.07) is 13.2. The molecule has 0 fully saturated rings. The topological polar surface area (TPSA) is 74.2 Å². The molecule has 0 aliphatic carbocycles. The van der Waals surface area contributed by atoms with Crippen LogP contribution in [0.25, 0.3) is 22.5 Å². The van der Waals surface area contributed by atoms with Crippen molar-refractivity contribution in [2.75, 3.05) is 12.8 Å². The molecule has 100 valence electrons. The van der Waals surface area contributed by atoms with Gasteiger partial charge in [0, 0.05) is 6.20 Å². The monoisotopic (exact) mass is 267 g/mol. The van der Waals surface area contributed by atoms with E-state index in [1.54, 1.807) is 13.3 Å². The maximum absolute atomic E-state index is 5.89. The van der Waals surface area contributed by atoms with Crippen LogP contribution in [0.2, 0.25) is 0 Å². The Bertz CT molecular complexity index is 706. The molecular formula is C15H13N3O2. The van der Waals surface area contributed by atoms with E-state index < -0.39 is 0 Å². The summed E-state index contributed by atoms with van der Waals surface area (Å²) in [4.78, 5) is 4.28. The third-order valence-electron chi connectivity index (χ3n) is 3.00. The number of rotatable bonds is 3. The second-order valence-corrected chi connectivity index (χ2v) is 4.21. The number of methoxy groups -OCH3 is 1. The van der Waals surface area contributed by atoms with Crippen molar-refractivity contribution in [1.82, 2.24) is 10.1 Å². The number of nitrogen functional groups attached to an aromatic ring is 1. The minimum Gasteiger partial charge on any atom is -0.497 e. The first-order chi connectivity index (χ1) is 9.79. The van der Waals surface area contributed by atoms with E-state index in [1.165, 1.54) is 0 Å². The molecule has 1 aromatic carbocycles. The van der Waals surface area contributed by atoms with E-state index >= 15 is 0 Å². The molecule has 0 aliphatic heterocycles. The molecule has 0 radical (unpaired) electrons. The highest BCUT2D eigenvalue weighted by molar-refractivity contribution is 5.85. The standard InChI is InChI=1S/C15H13N3O2/c1-19-11-7-5-10(6-8-11)13-14(18-20-15(13)16)12-4-2-3-9-17-12/h2-9H,16H2,1H3. The fourth-order valence-electron chi connectivity index (χ4n) is 2.02. The zero-order valence-corrected chi connectivity index (χ0v) is 10.9. The number of nitrogens with zero attached hydrogens (tertiary/aromatic N) is 2. The van der Waals surface area contributed by atoms with Gasteiger partial charge in [-0.3, -0.25) is 4.98 Å². The normalized spacial score (nSPS) is 10.4.